The third-order valence-electron chi connectivity index (χ3n) is 5.24. The van der Waals surface area contributed by atoms with Crippen LogP contribution in [0.5, 0.6) is 0 Å². The third-order valence-corrected chi connectivity index (χ3v) is 7.13. The first-order valence-electron chi connectivity index (χ1n) is 8.88. The average Bonchev–Trinajstić information content (AvgIpc) is 3.18. The lowest BCUT2D eigenvalue weighted by atomic mass is 10.2. The molecule has 0 N–H and O–H groups in total. The van der Waals surface area contributed by atoms with Crippen LogP contribution in [0.2, 0.25) is 0 Å². The van der Waals surface area contributed by atoms with E-state index >= 15 is 0 Å². The lowest BCUT2D eigenvalue weighted by Crippen LogP contribution is -2.29. The Morgan fingerprint density at radius 3 is 2.77 bits per heavy atom. The van der Waals surface area contributed by atoms with Gasteiger partial charge in [-0.2, -0.15) is 4.31 Å². The molecule has 1 saturated heterocycles. The zero-order valence-electron chi connectivity index (χ0n) is 14.2. The number of hydrogen-bond acceptors (Lipinski definition) is 5. The molecule has 7 nitrogen and oxygen atoms in total. The first-order valence-corrected chi connectivity index (χ1v) is 10.3. The molecule has 2 fully saturated rings. The number of para-hydroxylation sites is 1. The van der Waals surface area contributed by atoms with Crippen molar-refractivity contribution in [3.05, 3.63) is 48.4 Å². The van der Waals surface area contributed by atoms with E-state index in [0.717, 1.165) is 17.5 Å². The smallest absolute Gasteiger partial charge is 0.245 e. The molecule has 8 heteroatoms. The molecule has 3 aromatic rings. The van der Waals surface area contributed by atoms with Gasteiger partial charge >= 0.3 is 0 Å². The Kier molecular flexibility index (Phi) is 3.58. The number of fused-ring (bicyclic) bond motifs is 1. The molecule has 1 aromatic carbocycles. The molecule has 0 bridgehead atoms. The van der Waals surface area contributed by atoms with Gasteiger partial charge in [-0.1, -0.05) is 23.4 Å². The largest absolute Gasteiger partial charge is 0.255 e. The summed E-state index contributed by atoms with van der Waals surface area (Å²) in [5.74, 6) is 0.548. The maximum absolute atomic E-state index is 13.2. The molecular weight excluding hydrogens is 350 g/mol. The average molecular weight is 369 g/mol. The minimum Gasteiger partial charge on any atom is -0.255 e. The third kappa shape index (κ3) is 2.60. The Morgan fingerprint density at radius 1 is 1.08 bits per heavy atom. The Morgan fingerprint density at radius 2 is 1.92 bits per heavy atom. The Balaban J connectivity index is 1.43. The highest BCUT2D eigenvalue weighted by Crippen LogP contribution is 2.39. The van der Waals surface area contributed by atoms with Crippen LogP contribution in [0, 0.1) is 0 Å². The number of pyridine rings is 1. The zero-order valence-corrected chi connectivity index (χ0v) is 15.0. The molecule has 0 radical (unpaired) electrons. The first kappa shape index (κ1) is 15.9. The molecule has 0 amide bonds. The van der Waals surface area contributed by atoms with Crippen LogP contribution in [0.3, 0.4) is 0 Å². The van der Waals surface area contributed by atoms with Gasteiger partial charge in [0.2, 0.25) is 10.0 Å². The van der Waals surface area contributed by atoms with Crippen LogP contribution in [0.1, 0.15) is 36.9 Å². The summed E-state index contributed by atoms with van der Waals surface area (Å²) in [5.41, 5.74) is 1.56. The molecule has 0 unspecified atom stereocenters. The van der Waals surface area contributed by atoms with E-state index in [1.54, 1.807) is 22.6 Å². The van der Waals surface area contributed by atoms with Crippen LogP contribution in [0.4, 0.5) is 0 Å². The maximum Gasteiger partial charge on any atom is 0.245 e. The molecule has 1 aliphatic heterocycles. The van der Waals surface area contributed by atoms with Crippen LogP contribution >= 0.6 is 0 Å². The van der Waals surface area contributed by atoms with Gasteiger partial charge < -0.3 is 0 Å². The molecule has 1 aliphatic carbocycles. The van der Waals surface area contributed by atoms with E-state index in [0.29, 0.717) is 24.5 Å². The summed E-state index contributed by atoms with van der Waals surface area (Å²) in [4.78, 5) is 4.56. The van der Waals surface area contributed by atoms with Gasteiger partial charge in [0.1, 0.15) is 4.90 Å². The predicted molar refractivity (Wildman–Crippen MR) is 96.2 cm³/mol. The van der Waals surface area contributed by atoms with Gasteiger partial charge in [-0.25, -0.2) is 13.1 Å². The van der Waals surface area contributed by atoms with E-state index in [1.165, 1.54) is 12.8 Å². The van der Waals surface area contributed by atoms with E-state index in [9.17, 15) is 8.42 Å². The van der Waals surface area contributed by atoms with Crippen molar-refractivity contribution >= 4 is 20.9 Å². The summed E-state index contributed by atoms with van der Waals surface area (Å²) in [6.07, 6.45) is 6.71. The van der Waals surface area contributed by atoms with Crippen molar-refractivity contribution in [1.29, 1.82) is 0 Å². The number of aromatic nitrogens is 4. The predicted octanol–water partition coefficient (Wildman–Crippen LogP) is 2.34. The standard InChI is InChI=1S/C18H19N5O2S/c24-26(25,17-5-1-3-14-4-2-9-19-18(14)17)22-10-8-15(11-22)23-12-16(20-21-23)13-6-7-13/h1-5,9,12-13,15H,6-8,10-11H2/t15-/m0/s1. The SMILES string of the molecule is O=S(=O)(c1cccc2cccnc12)N1CC[C@H](n2cc(C3CC3)nn2)C1. The summed E-state index contributed by atoms with van der Waals surface area (Å²) in [7, 11) is -3.59. The zero-order chi connectivity index (χ0) is 17.7. The van der Waals surface area contributed by atoms with E-state index in [-0.39, 0.29) is 10.9 Å². The number of sulfonamides is 1. The van der Waals surface area contributed by atoms with E-state index in [4.69, 9.17) is 0 Å². The number of hydrogen-bond donors (Lipinski definition) is 0. The number of benzene rings is 1. The molecule has 2 aromatic heterocycles. The van der Waals surface area contributed by atoms with Gasteiger partial charge in [-0.15, -0.1) is 5.10 Å². The molecular formula is C18H19N5O2S. The van der Waals surface area contributed by atoms with Crippen molar-refractivity contribution in [3.63, 3.8) is 0 Å². The Bertz CT molecular complexity index is 1070. The van der Waals surface area contributed by atoms with Crippen LogP contribution in [0.25, 0.3) is 10.9 Å². The van der Waals surface area contributed by atoms with Gasteiger partial charge in [0, 0.05) is 36.8 Å². The minimum absolute atomic E-state index is 0.0349. The van der Waals surface area contributed by atoms with Gasteiger partial charge in [0.25, 0.3) is 0 Å². The summed E-state index contributed by atoms with van der Waals surface area (Å²) >= 11 is 0. The fraction of sp³-hybridized carbons (Fsp3) is 0.389. The Hall–Kier alpha value is -2.32. The Labute approximate surface area is 151 Å². The van der Waals surface area contributed by atoms with Crippen molar-refractivity contribution in [3.8, 4) is 0 Å². The molecule has 2 aliphatic rings. The summed E-state index contributed by atoms with van der Waals surface area (Å²) in [6, 6.07) is 9.01. The van der Waals surface area contributed by atoms with Gasteiger partial charge in [-0.05, 0) is 31.4 Å². The molecule has 0 spiro atoms. The summed E-state index contributed by atoms with van der Waals surface area (Å²) < 4.78 is 29.8. The molecule has 5 rings (SSSR count). The first-order chi connectivity index (χ1) is 12.6. The van der Waals surface area contributed by atoms with Gasteiger partial charge in [-0.3, -0.25) is 4.98 Å². The molecule has 1 atom stereocenters. The van der Waals surface area contributed by atoms with Gasteiger partial charge in [0.05, 0.1) is 17.3 Å². The topological polar surface area (TPSA) is 81.0 Å². The second-order valence-corrected chi connectivity index (χ2v) is 8.94. The second-order valence-electron chi connectivity index (χ2n) is 7.03. The normalized spacial score (nSPS) is 21.5. The highest BCUT2D eigenvalue weighted by Gasteiger charge is 2.35. The van der Waals surface area contributed by atoms with E-state index < -0.39 is 10.0 Å². The lowest BCUT2D eigenvalue weighted by molar-refractivity contribution is 0.428. The van der Waals surface area contributed by atoms with E-state index in [1.807, 2.05) is 29.1 Å². The fourth-order valence-electron chi connectivity index (χ4n) is 3.60. The van der Waals surface area contributed by atoms with Crippen LogP contribution < -0.4 is 0 Å². The molecule has 26 heavy (non-hydrogen) atoms. The summed E-state index contributed by atoms with van der Waals surface area (Å²) in [6.45, 7) is 0.897. The quantitative estimate of drug-likeness (QED) is 0.705. The molecule has 3 heterocycles. The van der Waals surface area contributed by atoms with Crippen molar-refractivity contribution in [2.45, 2.75) is 36.1 Å². The highest BCUT2D eigenvalue weighted by atomic mass is 32.2. The maximum atomic E-state index is 13.2. The monoisotopic (exact) mass is 369 g/mol. The lowest BCUT2D eigenvalue weighted by Gasteiger charge is -2.17. The number of nitrogens with zero attached hydrogens (tertiary/aromatic N) is 5. The fourth-order valence-corrected chi connectivity index (χ4v) is 5.26. The van der Waals surface area contributed by atoms with Crippen molar-refractivity contribution in [1.82, 2.24) is 24.3 Å². The van der Waals surface area contributed by atoms with Crippen molar-refractivity contribution < 1.29 is 8.42 Å². The van der Waals surface area contributed by atoms with Crippen LogP contribution in [0.15, 0.2) is 47.6 Å². The van der Waals surface area contributed by atoms with Crippen LogP contribution in [-0.4, -0.2) is 45.8 Å². The second kappa shape index (κ2) is 5.85. The minimum atomic E-state index is -3.59. The van der Waals surface area contributed by atoms with E-state index in [2.05, 4.69) is 15.3 Å². The van der Waals surface area contributed by atoms with Crippen molar-refractivity contribution in [2.75, 3.05) is 13.1 Å². The van der Waals surface area contributed by atoms with Gasteiger partial charge in [0.15, 0.2) is 0 Å². The summed E-state index contributed by atoms with van der Waals surface area (Å²) in [5, 5.41) is 9.30. The molecule has 134 valence electrons. The highest BCUT2D eigenvalue weighted by molar-refractivity contribution is 7.89. The number of rotatable bonds is 4. The van der Waals surface area contributed by atoms with Crippen LogP contribution in [-0.2, 0) is 10.0 Å². The molecule has 1 saturated carbocycles. The van der Waals surface area contributed by atoms with Crippen molar-refractivity contribution in [2.24, 2.45) is 0 Å².